The summed E-state index contributed by atoms with van der Waals surface area (Å²) >= 11 is 0. The third-order valence-electron chi connectivity index (χ3n) is 1.91. The van der Waals surface area contributed by atoms with Gasteiger partial charge in [-0.1, -0.05) is 18.2 Å². The minimum absolute atomic E-state index is 0.495. The Morgan fingerprint density at radius 2 is 1.92 bits per heavy atom. The molecule has 1 aromatic rings. The van der Waals surface area contributed by atoms with Crippen molar-refractivity contribution < 1.29 is 0 Å². The third-order valence-corrected chi connectivity index (χ3v) is 1.91. The van der Waals surface area contributed by atoms with Crippen LogP contribution in [0.25, 0.3) is 0 Å². The molecule has 0 aromatic heterocycles. The van der Waals surface area contributed by atoms with E-state index in [0.29, 0.717) is 5.69 Å². The highest BCUT2D eigenvalue weighted by molar-refractivity contribution is 5.52. The van der Waals surface area contributed by atoms with Crippen LogP contribution in [0.15, 0.2) is 24.3 Å². The fourth-order valence-electron chi connectivity index (χ4n) is 1.13. The van der Waals surface area contributed by atoms with Crippen LogP contribution in [0.5, 0.6) is 0 Å². The molecular formula is C10H12N2. The summed E-state index contributed by atoms with van der Waals surface area (Å²) in [5.74, 6) is 0. The standard InChI is InChI=1S/C10H12N2/c1-10(2,7-11)8-5-3-4-6-9(8)12/h3-6H,12H2,1-2H3. The summed E-state index contributed by atoms with van der Waals surface area (Å²) in [7, 11) is 0. The Kier molecular flexibility index (Phi) is 2.05. The molecule has 2 heteroatoms. The quantitative estimate of drug-likeness (QED) is 0.639. The van der Waals surface area contributed by atoms with Crippen molar-refractivity contribution in [3.05, 3.63) is 29.8 Å². The van der Waals surface area contributed by atoms with Gasteiger partial charge in [0, 0.05) is 5.69 Å². The summed E-state index contributed by atoms with van der Waals surface area (Å²) in [6.07, 6.45) is 0. The zero-order valence-electron chi connectivity index (χ0n) is 7.33. The molecule has 0 spiro atoms. The summed E-state index contributed by atoms with van der Waals surface area (Å²) < 4.78 is 0. The number of nitrogens with two attached hydrogens (primary N) is 1. The van der Waals surface area contributed by atoms with Crippen molar-refractivity contribution in [2.75, 3.05) is 5.73 Å². The molecule has 0 saturated carbocycles. The molecule has 0 heterocycles. The summed E-state index contributed by atoms with van der Waals surface area (Å²) in [6, 6.07) is 9.68. The molecule has 0 saturated heterocycles. The monoisotopic (exact) mass is 160 g/mol. The van der Waals surface area contributed by atoms with E-state index in [1.54, 1.807) is 0 Å². The van der Waals surface area contributed by atoms with Gasteiger partial charge in [0.25, 0.3) is 0 Å². The van der Waals surface area contributed by atoms with Gasteiger partial charge in [0.2, 0.25) is 0 Å². The molecule has 0 radical (unpaired) electrons. The molecule has 1 aromatic carbocycles. The lowest BCUT2D eigenvalue weighted by molar-refractivity contribution is 0.689. The van der Waals surface area contributed by atoms with E-state index in [4.69, 9.17) is 11.0 Å². The first-order valence-corrected chi connectivity index (χ1v) is 3.84. The maximum Gasteiger partial charge on any atom is 0.0786 e. The number of nitrogens with zero attached hydrogens (tertiary/aromatic N) is 1. The summed E-state index contributed by atoms with van der Waals surface area (Å²) in [6.45, 7) is 3.72. The van der Waals surface area contributed by atoms with Crippen LogP contribution in [0.4, 0.5) is 5.69 Å². The van der Waals surface area contributed by atoms with Crippen molar-refractivity contribution in [2.45, 2.75) is 19.3 Å². The number of nitrogen functional groups attached to an aromatic ring is 1. The number of rotatable bonds is 1. The molecule has 0 unspecified atom stereocenters. The first-order chi connectivity index (χ1) is 5.58. The number of hydrogen-bond acceptors (Lipinski definition) is 2. The molecule has 0 fully saturated rings. The average Bonchev–Trinajstić information content (AvgIpc) is 2.05. The molecule has 62 valence electrons. The average molecular weight is 160 g/mol. The summed E-state index contributed by atoms with van der Waals surface area (Å²) in [5.41, 5.74) is 6.82. The van der Waals surface area contributed by atoms with Gasteiger partial charge in [0.15, 0.2) is 0 Å². The lowest BCUT2D eigenvalue weighted by Gasteiger charge is -2.17. The highest BCUT2D eigenvalue weighted by Crippen LogP contribution is 2.26. The highest BCUT2D eigenvalue weighted by atomic mass is 14.6. The van der Waals surface area contributed by atoms with Crippen molar-refractivity contribution in [3.8, 4) is 6.07 Å². The van der Waals surface area contributed by atoms with Crippen LogP contribution < -0.4 is 5.73 Å². The second-order valence-corrected chi connectivity index (χ2v) is 3.32. The van der Waals surface area contributed by atoms with E-state index >= 15 is 0 Å². The van der Waals surface area contributed by atoms with Gasteiger partial charge in [-0.2, -0.15) is 5.26 Å². The van der Waals surface area contributed by atoms with Crippen molar-refractivity contribution in [1.29, 1.82) is 5.26 Å². The first kappa shape index (κ1) is 8.61. The van der Waals surface area contributed by atoms with Crippen LogP contribution in [0.1, 0.15) is 19.4 Å². The molecule has 2 nitrogen and oxygen atoms in total. The van der Waals surface area contributed by atoms with Crippen LogP contribution in [0.3, 0.4) is 0 Å². The molecule has 0 aliphatic heterocycles. The molecule has 12 heavy (non-hydrogen) atoms. The lowest BCUT2D eigenvalue weighted by Crippen LogP contribution is -2.15. The molecular weight excluding hydrogens is 148 g/mol. The van der Waals surface area contributed by atoms with Gasteiger partial charge in [-0.25, -0.2) is 0 Å². The Morgan fingerprint density at radius 3 is 2.42 bits per heavy atom. The molecule has 0 atom stereocenters. The number of hydrogen-bond donors (Lipinski definition) is 1. The molecule has 0 amide bonds. The van der Waals surface area contributed by atoms with Crippen LogP contribution >= 0.6 is 0 Å². The number of para-hydroxylation sites is 1. The predicted molar refractivity (Wildman–Crippen MR) is 49.5 cm³/mol. The maximum atomic E-state index is 8.87. The Hall–Kier alpha value is -1.49. The van der Waals surface area contributed by atoms with Gasteiger partial charge in [0.1, 0.15) is 0 Å². The van der Waals surface area contributed by atoms with Gasteiger partial charge >= 0.3 is 0 Å². The number of anilines is 1. The minimum atomic E-state index is -0.495. The fourth-order valence-corrected chi connectivity index (χ4v) is 1.13. The van der Waals surface area contributed by atoms with Gasteiger partial charge in [0.05, 0.1) is 11.5 Å². The van der Waals surface area contributed by atoms with E-state index in [0.717, 1.165) is 5.56 Å². The molecule has 1 rings (SSSR count). The van der Waals surface area contributed by atoms with Crippen molar-refractivity contribution >= 4 is 5.69 Å². The minimum Gasteiger partial charge on any atom is -0.398 e. The maximum absolute atomic E-state index is 8.87. The Morgan fingerprint density at radius 1 is 1.33 bits per heavy atom. The Bertz CT molecular complexity index is 321. The van der Waals surface area contributed by atoms with Crippen LogP contribution in [0, 0.1) is 11.3 Å². The second kappa shape index (κ2) is 2.86. The summed E-state index contributed by atoms with van der Waals surface area (Å²) in [4.78, 5) is 0. The predicted octanol–water partition coefficient (Wildman–Crippen LogP) is 2.07. The van der Waals surface area contributed by atoms with E-state index in [2.05, 4.69) is 6.07 Å². The topological polar surface area (TPSA) is 49.8 Å². The Balaban J connectivity index is 3.22. The zero-order valence-corrected chi connectivity index (χ0v) is 7.33. The molecule has 0 aliphatic carbocycles. The fraction of sp³-hybridized carbons (Fsp3) is 0.300. The van der Waals surface area contributed by atoms with E-state index in [1.807, 2.05) is 38.1 Å². The second-order valence-electron chi connectivity index (χ2n) is 3.32. The number of benzene rings is 1. The SMILES string of the molecule is CC(C)(C#N)c1ccccc1N. The molecule has 0 bridgehead atoms. The zero-order chi connectivity index (χ0) is 9.19. The van der Waals surface area contributed by atoms with Gasteiger partial charge in [-0.15, -0.1) is 0 Å². The highest BCUT2D eigenvalue weighted by Gasteiger charge is 2.21. The van der Waals surface area contributed by atoms with Crippen LogP contribution in [0.2, 0.25) is 0 Å². The lowest BCUT2D eigenvalue weighted by atomic mass is 9.85. The molecule has 0 aliphatic rings. The normalized spacial score (nSPS) is 10.8. The van der Waals surface area contributed by atoms with E-state index in [1.165, 1.54) is 0 Å². The van der Waals surface area contributed by atoms with Crippen molar-refractivity contribution in [1.82, 2.24) is 0 Å². The summed E-state index contributed by atoms with van der Waals surface area (Å²) in [5, 5.41) is 8.87. The van der Waals surface area contributed by atoms with Crippen LogP contribution in [-0.4, -0.2) is 0 Å². The van der Waals surface area contributed by atoms with E-state index in [9.17, 15) is 0 Å². The van der Waals surface area contributed by atoms with Gasteiger partial charge < -0.3 is 5.73 Å². The van der Waals surface area contributed by atoms with E-state index < -0.39 is 5.41 Å². The van der Waals surface area contributed by atoms with Gasteiger partial charge in [-0.05, 0) is 25.5 Å². The largest absolute Gasteiger partial charge is 0.398 e. The van der Waals surface area contributed by atoms with E-state index in [-0.39, 0.29) is 0 Å². The van der Waals surface area contributed by atoms with Crippen molar-refractivity contribution in [2.24, 2.45) is 0 Å². The van der Waals surface area contributed by atoms with Gasteiger partial charge in [-0.3, -0.25) is 0 Å². The third kappa shape index (κ3) is 1.40. The van der Waals surface area contributed by atoms with Crippen LogP contribution in [-0.2, 0) is 5.41 Å². The number of nitriles is 1. The molecule has 2 N–H and O–H groups in total. The Labute approximate surface area is 72.6 Å². The van der Waals surface area contributed by atoms with Crippen molar-refractivity contribution in [3.63, 3.8) is 0 Å². The first-order valence-electron chi connectivity index (χ1n) is 3.84. The smallest absolute Gasteiger partial charge is 0.0786 e.